The monoisotopic (exact) mass is 473 g/mol. The molecule has 1 saturated heterocycles. The third kappa shape index (κ3) is 4.34. The molecule has 0 saturated carbocycles. The molecule has 1 aliphatic rings. The van der Waals surface area contributed by atoms with Crippen molar-refractivity contribution in [2.45, 2.75) is 0 Å². The number of hydrogen-bond donors (Lipinski definition) is 2. The lowest BCUT2D eigenvalue weighted by Crippen LogP contribution is -2.50. The number of anilines is 4. The molecular formula is C25H27N7OS. The molecule has 3 N–H and O–H groups in total. The fraction of sp³-hybridized carbons (Fsp3) is 0.240. The number of thiophene rings is 1. The lowest BCUT2D eigenvalue weighted by atomic mass is 10.1. The van der Waals surface area contributed by atoms with E-state index in [-0.39, 0.29) is 12.0 Å². The molecular weight excluding hydrogens is 446 g/mol. The van der Waals surface area contributed by atoms with Crippen molar-refractivity contribution in [1.29, 1.82) is 0 Å². The fourth-order valence-electron chi connectivity index (χ4n) is 4.17. The van der Waals surface area contributed by atoms with Crippen LogP contribution in [0.4, 0.5) is 27.9 Å². The molecule has 2 aromatic heterocycles. The van der Waals surface area contributed by atoms with Crippen LogP contribution in [-0.4, -0.2) is 61.2 Å². The van der Waals surface area contributed by atoms with Gasteiger partial charge in [0.1, 0.15) is 10.6 Å². The van der Waals surface area contributed by atoms with E-state index in [1.165, 1.54) is 0 Å². The Balaban J connectivity index is 1.32. The van der Waals surface area contributed by atoms with Gasteiger partial charge in [0.05, 0.1) is 5.39 Å². The minimum Gasteiger partial charge on any atom is -0.378 e. The highest BCUT2D eigenvalue weighted by molar-refractivity contribution is 7.17. The van der Waals surface area contributed by atoms with Crippen molar-refractivity contribution in [2.24, 2.45) is 0 Å². The van der Waals surface area contributed by atoms with Crippen molar-refractivity contribution >= 4 is 50.7 Å². The number of nitrogen functional groups attached to an aromatic ring is 1. The van der Waals surface area contributed by atoms with Crippen LogP contribution < -0.4 is 20.9 Å². The standard InChI is InChI=1S/C25H27N7OS/c1-30(2)19-10-8-18(9-11-19)27-25(33)32-14-12-31(13-15-32)22-21-20(17-6-4-3-5-7-17)16-34-23(21)29-24(26)28-22/h3-11,16H,12-15H2,1-2H3,(H,27,33)(H2,26,28,29). The summed E-state index contributed by atoms with van der Waals surface area (Å²) >= 11 is 1.58. The highest BCUT2D eigenvalue weighted by Crippen LogP contribution is 2.38. The molecule has 5 rings (SSSR count). The van der Waals surface area contributed by atoms with Gasteiger partial charge in [-0.1, -0.05) is 30.3 Å². The number of nitrogens with zero attached hydrogens (tertiary/aromatic N) is 5. The van der Waals surface area contributed by atoms with E-state index in [0.29, 0.717) is 26.2 Å². The first-order valence-corrected chi connectivity index (χ1v) is 12.1. The summed E-state index contributed by atoms with van der Waals surface area (Å²) in [7, 11) is 3.98. The van der Waals surface area contributed by atoms with E-state index in [1.54, 1.807) is 11.3 Å². The second kappa shape index (κ2) is 9.18. The van der Waals surface area contributed by atoms with Crippen molar-refractivity contribution in [3.05, 3.63) is 60.0 Å². The molecule has 174 valence electrons. The Morgan fingerprint density at radius 2 is 1.71 bits per heavy atom. The van der Waals surface area contributed by atoms with E-state index in [9.17, 15) is 4.79 Å². The van der Waals surface area contributed by atoms with Gasteiger partial charge in [0.2, 0.25) is 5.95 Å². The van der Waals surface area contributed by atoms with Gasteiger partial charge in [-0.05, 0) is 29.8 Å². The highest BCUT2D eigenvalue weighted by atomic mass is 32.1. The minimum atomic E-state index is -0.0925. The summed E-state index contributed by atoms with van der Waals surface area (Å²) in [6, 6.07) is 18.0. The number of carbonyl (C=O) groups is 1. The Morgan fingerprint density at radius 1 is 1.00 bits per heavy atom. The van der Waals surface area contributed by atoms with Gasteiger partial charge in [0.15, 0.2) is 0 Å². The SMILES string of the molecule is CN(C)c1ccc(NC(=O)N2CCN(c3nc(N)nc4scc(-c5ccccc5)c34)CC2)cc1. The molecule has 1 fully saturated rings. The number of rotatable bonds is 4. The topological polar surface area (TPSA) is 90.6 Å². The number of aromatic nitrogens is 2. The van der Waals surface area contributed by atoms with Crippen LogP contribution >= 0.6 is 11.3 Å². The van der Waals surface area contributed by atoms with E-state index < -0.39 is 0 Å². The van der Waals surface area contributed by atoms with Crippen molar-refractivity contribution in [2.75, 3.05) is 61.1 Å². The number of nitrogens with two attached hydrogens (primary N) is 1. The van der Waals surface area contributed by atoms with Crippen LogP contribution in [-0.2, 0) is 0 Å². The van der Waals surface area contributed by atoms with Gasteiger partial charge in [-0.15, -0.1) is 11.3 Å². The van der Waals surface area contributed by atoms with Crippen LogP contribution in [0.5, 0.6) is 0 Å². The van der Waals surface area contributed by atoms with Crippen LogP contribution in [0.1, 0.15) is 0 Å². The average molecular weight is 474 g/mol. The lowest BCUT2D eigenvalue weighted by molar-refractivity contribution is 0.208. The molecule has 0 spiro atoms. The van der Waals surface area contributed by atoms with Gasteiger partial charge in [-0.2, -0.15) is 4.98 Å². The van der Waals surface area contributed by atoms with Gasteiger partial charge in [-0.3, -0.25) is 0 Å². The van der Waals surface area contributed by atoms with E-state index in [2.05, 4.69) is 37.7 Å². The van der Waals surface area contributed by atoms with Crippen LogP contribution in [0.3, 0.4) is 0 Å². The van der Waals surface area contributed by atoms with E-state index in [4.69, 9.17) is 5.73 Å². The third-order valence-corrected chi connectivity index (χ3v) is 6.89. The molecule has 0 radical (unpaired) electrons. The Labute approximate surface area is 202 Å². The molecule has 3 heterocycles. The van der Waals surface area contributed by atoms with Crippen LogP contribution in [0, 0.1) is 0 Å². The second-order valence-electron chi connectivity index (χ2n) is 8.45. The summed E-state index contributed by atoms with van der Waals surface area (Å²) in [5.74, 6) is 1.10. The first kappa shape index (κ1) is 22.0. The minimum absolute atomic E-state index is 0.0925. The van der Waals surface area contributed by atoms with Gasteiger partial charge < -0.3 is 25.8 Å². The predicted octanol–water partition coefficient (Wildman–Crippen LogP) is 4.36. The molecule has 0 unspecified atom stereocenters. The fourth-order valence-corrected chi connectivity index (χ4v) is 5.11. The van der Waals surface area contributed by atoms with Crippen LogP contribution in [0.2, 0.25) is 0 Å². The van der Waals surface area contributed by atoms with E-state index >= 15 is 0 Å². The number of amides is 2. The molecule has 34 heavy (non-hydrogen) atoms. The van der Waals surface area contributed by atoms with Crippen LogP contribution in [0.25, 0.3) is 21.3 Å². The third-order valence-electron chi connectivity index (χ3n) is 6.02. The number of fused-ring (bicyclic) bond motifs is 1. The van der Waals surface area contributed by atoms with Crippen molar-refractivity contribution in [3.63, 3.8) is 0 Å². The Morgan fingerprint density at radius 3 is 2.38 bits per heavy atom. The van der Waals surface area contributed by atoms with E-state index in [0.717, 1.165) is 38.5 Å². The molecule has 0 aliphatic carbocycles. The number of carbonyl (C=O) groups excluding carboxylic acids is 1. The maximum Gasteiger partial charge on any atom is 0.321 e. The Hall–Kier alpha value is -3.85. The number of benzene rings is 2. The van der Waals surface area contributed by atoms with Crippen molar-refractivity contribution < 1.29 is 4.79 Å². The summed E-state index contributed by atoms with van der Waals surface area (Å²) in [6.45, 7) is 2.53. The maximum absolute atomic E-state index is 12.8. The average Bonchev–Trinajstić information content (AvgIpc) is 3.28. The van der Waals surface area contributed by atoms with Gasteiger partial charge in [0, 0.05) is 62.6 Å². The van der Waals surface area contributed by atoms with Crippen molar-refractivity contribution in [1.82, 2.24) is 14.9 Å². The highest BCUT2D eigenvalue weighted by Gasteiger charge is 2.25. The second-order valence-corrected chi connectivity index (χ2v) is 9.30. The Kier molecular flexibility index (Phi) is 5.93. The summed E-state index contributed by atoms with van der Waals surface area (Å²) < 4.78 is 0. The molecule has 0 atom stereocenters. The quantitative estimate of drug-likeness (QED) is 0.458. The first-order valence-electron chi connectivity index (χ1n) is 11.2. The van der Waals surface area contributed by atoms with E-state index in [1.807, 2.05) is 66.4 Å². The summed E-state index contributed by atoms with van der Waals surface area (Å²) in [5, 5.41) is 6.14. The normalized spacial score (nSPS) is 13.8. The molecule has 2 amide bonds. The molecule has 2 aromatic carbocycles. The largest absolute Gasteiger partial charge is 0.378 e. The zero-order chi connectivity index (χ0) is 23.7. The zero-order valence-electron chi connectivity index (χ0n) is 19.2. The summed E-state index contributed by atoms with van der Waals surface area (Å²) in [5.41, 5.74) is 10.2. The number of hydrogen-bond acceptors (Lipinski definition) is 7. The molecule has 9 heteroatoms. The zero-order valence-corrected chi connectivity index (χ0v) is 20.0. The number of piperazine rings is 1. The number of nitrogens with one attached hydrogen (secondary N) is 1. The maximum atomic E-state index is 12.8. The first-order chi connectivity index (χ1) is 16.5. The molecule has 4 aromatic rings. The van der Waals surface area contributed by atoms with Gasteiger partial charge in [0.25, 0.3) is 0 Å². The van der Waals surface area contributed by atoms with Crippen molar-refractivity contribution in [3.8, 4) is 11.1 Å². The molecule has 0 bridgehead atoms. The number of urea groups is 1. The van der Waals surface area contributed by atoms with Crippen LogP contribution in [0.15, 0.2) is 60.0 Å². The molecule has 1 aliphatic heterocycles. The Bertz CT molecular complexity index is 1300. The molecule has 8 nitrogen and oxygen atoms in total. The predicted molar refractivity (Wildman–Crippen MR) is 141 cm³/mol. The lowest BCUT2D eigenvalue weighted by Gasteiger charge is -2.35. The van der Waals surface area contributed by atoms with Gasteiger partial charge >= 0.3 is 6.03 Å². The smallest absolute Gasteiger partial charge is 0.321 e. The summed E-state index contributed by atoms with van der Waals surface area (Å²) in [4.78, 5) is 28.9. The van der Waals surface area contributed by atoms with Gasteiger partial charge in [-0.25, -0.2) is 9.78 Å². The summed E-state index contributed by atoms with van der Waals surface area (Å²) in [6.07, 6.45) is 0.